The molecule has 2 aromatic rings. The van der Waals surface area contributed by atoms with Crippen molar-refractivity contribution in [3.63, 3.8) is 0 Å². The van der Waals surface area contributed by atoms with Crippen LogP contribution in [0.2, 0.25) is 0 Å². The van der Waals surface area contributed by atoms with Gasteiger partial charge in [-0.25, -0.2) is 0 Å². The predicted molar refractivity (Wildman–Crippen MR) is 71.0 cm³/mol. The van der Waals surface area contributed by atoms with E-state index in [1.807, 2.05) is 55.5 Å². The standard InChI is InChI=1S/C15H15NO/c1-2-14(13-10-6-7-11-15(13)17)16-12-8-4-3-5-9-12/h3-11,17H,2H2,1H3. The van der Waals surface area contributed by atoms with E-state index in [1.54, 1.807) is 6.07 Å². The van der Waals surface area contributed by atoms with Gasteiger partial charge in [0.2, 0.25) is 0 Å². The summed E-state index contributed by atoms with van der Waals surface area (Å²) in [6.07, 6.45) is 0.784. The molecule has 0 fully saturated rings. The number of benzene rings is 2. The van der Waals surface area contributed by atoms with Crippen molar-refractivity contribution in [3.8, 4) is 5.75 Å². The van der Waals surface area contributed by atoms with Crippen LogP contribution in [0.3, 0.4) is 0 Å². The van der Waals surface area contributed by atoms with E-state index in [-0.39, 0.29) is 5.75 Å². The third-order valence-electron chi connectivity index (χ3n) is 2.57. The zero-order valence-corrected chi connectivity index (χ0v) is 9.80. The quantitative estimate of drug-likeness (QED) is 0.789. The fourth-order valence-corrected chi connectivity index (χ4v) is 1.71. The molecular weight excluding hydrogens is 210 g/mol. The van der Waals surface area contributed by atoms with Crippen LogP contribution in [0.5, 0.6) is 5.75 Å². The van der Waals surface area contributed by atoms with Crippen LogP contribution >= 0.6 is 0 Å². The maximum atomic E-state index is 9.81. The van der Waals surface area contributed by atoms with E-state index in [1.165, 1.54) is 0 Å². The van der Waals surface area contributed by atoms with E-state index in [0.717, 1.165) is 23.4 Å². The molecule has 0 aliphatic rings. The molecular formula is C15H15NO. The lowest BCUT2D eigenvalue weighted by Crippen LogP contribution is -1.98. The summed E-state index contributed by atoms with van der Waals surface area (Å²) in [7, 11) is 0. The van der Waals surface area contributed by atoms with Crippen LogP contribution in [0.15, 0.2) is 59.6 Å². The molecule has 0 heterocycles. The van der Waals surface area contributed by atoms with E-state index < -0.39 is 0 Å². The smallest absolute Gasteiger partial charge is 0.124 e. The van der Waals surface area contributed by atoms with Crippen molar-refractivity contribution in [2.45, 2.75) is 13.3 Å². The van der Waals surface area contributed by atoms with Gasteiger partial charge in [0.15, 0.2) is 0 Å². The predicted octanol–water partition coefficient (Wildman–Crippen LogP) is 3.92. The molecule has 0 unspecified atom stereocenters. The number of hydrogen-bond acceptors (Lipinski definition) is 2. The molecule has 0 amide bonds. The Hall–Kier alpha value is -2.09. The van der Waals surface area contributed by atoms with E-state index >= 15 is 0 Å². The van der Waals surface area contributed by atoms with Crippen molar-refractivity contribution < 1.29 is 5.11 Å². The maximum absolute atomic E-state index is 9.81. The first-order chi connectivity index (χ1) is 8.31. The van der Waals surface area contributed by atoms with E-state index in [9.17, 15) is 5.11 Å². The van der Waals surface area contributed by atoms with E-state index in [0.29, 0.717) is 0 Å². The second-order valence-corrected chi connectivity index (χ2v) is 3.76. The highest BCUT2D eigenvalue weighted by Gasteiger charge is 2.06. The highest BCUT2D eigenvalue weighted by atomic mass is 16.3. The molecule has 0 saturated heterocycles. The molecule has 0 aliphatic heterocycles. The molecule has 0 radical (unpaired) electrons. The van der Waals surface area contributed by atoms with Crippen molar-refractivity contribution >= 4 is 11.4 Å². The molecule has 0 spiro atoms. The van der Waals surface area contributed by atoms with Crippen molar-refractivity contribution in [1.29, 1.82) is 0 Å². The summed E-state index contributed by atoms with van der Waals surface area (Å²) in [5, 5.41) is 9.81. The van der Waals surface area contributed by atoms with Gasteiger partial charge in [-0.2, -0.15) is 0 Å². The molecule has 2 heteroatoms. The van der Waals surface area contributed by atoms with Gasteiger partial charge < -0.3 is 5.11 Å². The van der Waals surface area contributed by atoms with Gasteiger partial charge in [-0.3, -0.25) is 4.99 Å². The Kier molecular flexibility index (Phi) is 3.55. The minimum Gasteiger partial charge on any atom is -0.507 e. The Morgan fingerprint density at radius 2 is 1.65 bits per heavy atom. The van der Waals surface area contributed by atoms with Crippen LogP contribution in [-0.2, 0) is 0 Å². The van der Waals surface area contributed by atoms with E-state index in [4.69, 9.17) is 0 Å². The highest BCUT2D eigenvalue weighted by Crippen LogP contribution is 2.21. The lowest BCUT2D eigenvalue weighted by molar-refractivity contribution is 0.474. The molecule has 0 saturated carbocycles. The van der Waals surface area contributed by atoms with Crippen LogP contribution in [0, 0.1) is 0 Å². The number of hydrogen-bond donors (Lipinski definition) is 1. The van der Waals surface area contributed by atoms with E-state index in [2.05, 4.69) is 4.99 Å². The number of aromatic hydroxyl groups is 1. The fraction of sp³-hybridized carbons (Fsp3) is 0.133. The molecule has 2 nitrogen and oxygen atoms in total. The second kappa shape index (κ2) is 5.30. The molecule has 1 N–H and O–H groups in total. The lowest BCUT2D eigenvalue weighted by atomic mass is 10.1. The zero-order valence-electron chi connectivity index (χ0n) is 9.80. The SMILES string of the molecule is CCC(=Nc1ccccc1)c1ccccc1O. The Morgan fingerprint density at radius 3 is 2.29 bits per heavy atom. The first-order valence-electron chi connectivity index (χ1n) is 5.72. The second-order valence-electron chi connectivity index (χ2n) is 3.76. The zero-order chi connectivity index (χ0) is 12.1. The topological polar surface area (TPSA) is 32.6 Å². The summed E-state index contributed by atoms with van der Waals surface area (Å²) in [4.78, 5) is 4.56. The summed E-state index contributed by atoms with van der Waals surface area (Å²) >= 11 is 0. The fourth-order valence-electron chi connectivity index (χ4n) is 1.71. The third kappa shape index (κ3) is 2.72. The Labute approximate surface area is 101 Å². The number of phenolic OH excluding ortho intramolecular Hbond substituents is 1. The largest absolute Gasteiger partial charge is 0.507 e. The van der Waals surface area contributed by atoms with Crippen molar-refractivity contribution in [2.24, 2.45) is 4.99 Å². The third-order valence-corrected chi connectivity index (χ3v) is 2.57. The number of aliphatic imine (C=N–C) groups is 1. The van der Waals surface area contributed by atoms with Crippen LogP contribution in [0.1, 0.15) is 18.9 Å². The van der Waals surface area contributed by atoms with Crippen molar-refractivity contribution in [1.82, 2.24) is 0 Å². The number of phenols is 1. The van der Waals surface area contributed by atoms with Gasteiger partial charge in [-0.05, 0) is 30.7 Å². The highest BCUT2D eigenvalue weighted by molar-refractivity contribution is 6.03. The summed E-state index contributed by atoms with van der Waals surface area (Å²) < 4.78 is 0. The summed E-state index contributed by atoms with van der Waals surface area (Å²) in [5.41, 5.74) is 2.61. The van der Waals surface area contributed by atoms with Gasteiger partial charge in [0.1, 0.15) is 5.75 Å². The monoisotopic (exact) mass is 225 g/mol. The summed E-state index contributed by atoms with van der Waals surface area (Å²) in [5.74, 6) is 0.282. The van der Waals surface area contributed by atoms with Crippen LogP contribution in [0.25, 0.3) is 0 Å². The number of para-hydroxylation sites is 2. The molecule has 0 aliphatic carbocycles. The van der Waals surface area contributed by atoms with Crippen molar-refractivity contribution in [2.75, 3.05) is 0 Å². The molecule has 2 aromatic carbocycles. The first kappa shape index (κ1) is 11.4. The molecule has 2 rings (SSSR count). The van der Waals surface area contributed by atoms with Gasteiger partial charge in [0.25, 0.3) is 0 Å². The Morgan fingerprint density at radius 1 is 1.00 bits per heavy atom. The molecule has 17 heavy (non-hydrogen) atoms. The average molecular weight is 225 g/mol. The molecule has 86 valence electrons. The first-order valence-corrected chi connectivity index (χ1v) is 5.72. The minimum absolute atomic E-state index is 0.282. The van der Waals surface area contributed by atoms with Crippen molar-refractivity contribution in [3.05, 3.63) is 60.2 Å². The number of nitrogens with zero attached hydrogens (tertiary/aromatic N) is 1. The van der Waals surface area contributed by atoms with Crippen LogP contribution in [0.4, 0.5) is 5.69 Å². The Bertz CT molecular complexity index is 517. The van der Waals surface area contributed by atoms with Gasteiger partial charge in [-0.15, -0.1) is 0 Å². The van der Waals surface area contributed by atoms with Gasteiger partial charge in [-0.1, -0.05) is 37.3 Å². The summed E-state index contributed by atoms with van der Waals surface area (Å²) in [6.45, 7) is 2.04. The normalized spacial score (nSPS) is 11.5. The maximum Gasteiger partial charge on any atom is 0.124 e. The van der Waals surface area contributed by atoms with Gasteiger partial charge in [0, 0.05) is 5.56 Å². The van der Waals surface area contributed by atoms with Crippen LogP contribution in [-0.4, -0.2) is 10.8 Å². The number of rotatable bonds is 3. The van der Waals surface area contributed by atoms with Crippen LogP contribution < -0.4 is 0 Å². The minimum atomic E-state index is 0.282. The lowest BCUT2D eigenvalue weighted by Gasteiger charge is -2.06. The average Bonchev–Trinajstić information content (AvgIpc) is 2.38. The Balaban J connectivity index is 2.41. The molecule has 0 bridgehead atoms. The van der Waals surface area contributed by atoms with Gasteiger partial charge >= 0.3 is 0 Å². The molecule has 0 aromatic heterocycles. The van der Waals surface area contributed by atoms with Gasteiger partial charge in [0.05, 0.1) is 11.4 Å². The molecule has 0 atom stereocenters. The summed E-state index contributed by atoms with van der Waals surface area (Å²) in [6, 6.07) is 17.1.